The third-order valence-electron chi connectivity index (χ3n) is 5.46. The number of nitrogens with zero attached hydrogens (tertiary/aromatic N) is 2. The van der Waals surface area contributed by atoms with Crippen molar-refractivity contribution in [3.63, 3.8) is 0 Å². The van der Waals surface area contributed by atoms with Crippen molar-refractivity contribution in [3.8, 4) is 0 Å². The molecular weight excluding hydrogens is 337 g/mol. The summed E-state index contributed by atoms with van der Waals surface area (Å²) in [6, 6.07) is 2.20. The Bertz CT molecular complexity index is 678. The van der Waals surface area contributed by atoms with Crippen LogP contribution in [0.3, 0.4) is 0 Å². The van der Waals surface area contributed by atoms with Crippen molar-refractivity contribution in [2.24, 2.45) is 5.41 Å². The van der Waals surface area contributed by atoms with Crippen LogP contribution in [0.5, 0.6) is 0 Å². The Kier molecular flexibility index (Phi) is 4.31. The lowest BCUT2D eigenvalue weighted by Gasteiger charge is -2.35. The van der Waals surface area contributed by atoms with E-state index in [1.165, 1.54) is 25.8 Å². The number of pyridine rings is 1. The molecule has 2 fully saturated rings. The summed E-state index contributed by atoms with van der Waals surface area (Å²) in [6.45, 7) is 1.01. The minimum atomic E-state index is -5.08. The van der Waals surface area contributed by atoms with Crippen LogP contribution in [-0.4, -0.2) is 46.9 Å². The van der Waals surface area contributed by atoms with Crippen LogP contribution in [-0.2, 0) is 5.60 Å². The van der Waals surface area contributed by atoms with Gasteiger partial charge in [-0.05, 0) is 50.2 Å². The fourth-order valence-corrected chi connectivity index (χ4v) is 3.38. The number of hydrogen-bond acceptors (Lipinski definition) is 5. The van der Waals surface area contributed by atoms with Gasteiger partial charge in [-0.15, -0.1) is 0 Å². The molecule has 0 radical (unpaired) electrons. The van der Waals surface area contributed by atoms with E-state index in [-0.39, 0.29) is 17.2 Å². The van der Waals surface area contributed by atoms with Gasteiger partial charge in [0.05, 0.1) is 17.9 Å². The van der Waals surface area contributed by atoms with Crippen molar-refractivity contribution in [1.82, 2.24) is 4.98 Å². The SMILES string of the molecule is CC(=O)c1ccc(C(O)(CO)C(F)(F)F)nc1N1CCC2(CC1)CC2. The molecule has 8 heteroatoms. The molecule has 1 saturated carbocycles. The largest absolute Gasteiger partial charge is 0.425 e. The zero-order valence-electron chi connectivity index (χ0n) is 13.9. The summed E-state index contributed by atoms with van der Waals surface area (Å²) in [4.78, 5) is 17.6. The molecule has 1 aromatic heterocycles. The number of alkyl halides is 3. The molecule has 5 nitrogen and oxygen atoms in total. The number of piperidine rings is 1. The van der Waals surface area contributed by atoms with Gasteiger partial charge in [-0.3, -0.25) is 4.79 Å². The third kappa shape index (κ3) is 3.13. The molecule has 1 spiro atoms. The lowest BCUT2D eigenvalue weighted by atomic mass is 9.93. The van der Waals surface area contributed by atoms with Crippen LogP contribution >= 0.6 is 0 Å². The fraction of sp³-hybridized carbons (Fsp3) is 0.647. The number of aromatic nitrogens is 1. The van der Waals surface area contributed by atoms with E-state index < -0.39 is 24.1 Å². The zero-order chi connectivity index (χ0) is 18.5. The molecule has 1 atom stereocenters. The first kappa shape index (κ1) is 18.1. The van der Waals surface area contributed by atoms with Crippen molar-refractivity contribution >= 4 is 11.6 Å². The van der Waals surface area contributed by atoms with Gasteiger partial charge in [0.1, 0.15) is 5.82 Å². The van der Waals surface area contributed by atoms with Crippen LogP contribution in [0.4, 0.5) is 19.0 Å². The molecule has 0 aromatic carbocycles. The number of halogens is 3. The number of ketones is 1. The van der Waals surface area contributed by atoms with Crippen molar-refractivity contribution in [2.75, 3.05) is 24.6 Å². The average Bonchev–Trinajstić information content (AvgIpc) is 3.32. The standard InChI is InChI=1S/C17H21F3N2O3/c1-11(24)12-2-3-13(16(25,10-23)17(18,19)20)21-14(12)22-8-6-15(4-5-15)7-9-22/h2-3,23,25H,4-10H2,1H3. The number of rotatable bonds is 4. The van der Waals surface area contributed by atoms with Crippen LogP contribution < -0.4 is 4.90 Å². The molecule has 1 unspecified atom stereocenters. The van der Waals surface area contributed by atoms with Gasteiger partial charge in [0.2, 0.25) is 5.60 Å². The van der Waals surface area contributed by atoms with Gasteiger partial charge in [0.25, 0.3) is 0 Å². The highest BCUT2D eigenvalue weighted by Crippen LogP contribution is 2.54. The van der Waals surface area contributed by atoms with Crippen molar-refractivity contribution in [1.29, 1.82) is 0 Å². The molecule has 3 rings (SSSR count). The number of anilines is 1. The van der Waals surface area contributed by atoms with Crippen LogP contribution in [0.25, 0.3) is 0 Å². The van der Waals surface area contributed by atoms with E-state index in [9.17, 15) is 23.1 Å². The van der Waals surface area contributed by atoms with Crippen molar-refractivity contribution in [3.05, 3.63) is 23.4 Å². The van der Waals surface area contributed by atoms with Crippen molar-refractivity contribution < 1.29 is 28.2 Å². The lowest BCUT2D eigenvalue weighted by molar-refractivity contribution is -0.279. The van der Waals surface area contributed by atoms with Gasteiger partial charge in [0.15, 0.2) is 5.78 Å². The predicted molar refractivity (Wildman–Crippen MR) is 84.4 cm³/mol. The highest BCUT2D eigenvalue weighted by molar-refractivity contribution is 5.98. The third-order valence-corrected chi connectivity index (χ3v) is 5.46. The first-order chi connectivity index (χ1) is 11.6. The molecule has 0 amide bonds. The maximum absolute atomic E-state index is 13.2. The number of aliphatic hydroxyl groups is 2. The second-order valence-corrected chi connectivity index (χ2v) is 7.13. The molecule has 1 aliphatic carbocycles. The first-order valence-electron chi connectivity index (χ1n) is 8.29. The highest BCUT2D eigenvalue weighted by atomic mass is 19.4. The summed E-state index contributed by atoms with van der Waals surface area (Å²) in [7, 11) is 0. The number of Topliss-reactive ketones (excluding diaryl/α,β-unsaturated/α-hetero) is 1. The van der Waals surface area contributed by atoms with E-state index in [0.717, 1.165) is 18.9 Å². The van der Waals surface area contributed by atoms with Gasteiger partial charge in [-0.2, -0.15) is 13.2 Å². The van der Waals surface area contributed by atoms with E-state index in [1.54, 1.807) is 4.90 Å². The van der Waals surface area contributed by atoms with E-state index in [4.69, 9.17) is 5.11 Å². The Labute approximate surface area is 143 Å². The normalized spacial score (nSPS) is 21.9. The molecule has 2 N–H and O–H groups in total. The van der Waals surface area contributed by atoms with Crippen molar-refractivity contribution in [2.45, 2.75) is 44.4 Å². The summed E-state index contributed by atoms with van der Waals surface area (Å²) in [5.74, 6) is -0.156. The fourth-order valence-electron chi connectivity index (χ4n) is 3.38. The van der Waals surface area contributed by atoms with E-state index in [0.29, 0.717) is 18.5 Å². The molecule has 2 aliphatic rings. The van der Waals surface area contributed by atoms with Crippen LogP contribution in [0.15, 0.2) is 12.1 Å². The van der Waals surface area contributed by atoms with E-state index in [1.807, 2.05) is 0 Å². The second-order valence-electron chi connectivity index (χ2n) is 7.13. The Morgan fingerprint density at radius 1 is 1.24 bits per heavy atom. The molecule has 1 aliphatic heterocycles. The summed E-state index contributed by atoms with van der Waals surface area (Å²) < 4.78 is 39.6. The van der Waals surface area contributed by atoms with Gasteiger partial charge in [-0.25, -0.2) is 4.98 Å². The molecular formula is C17H21F3N2O3. The Morgan fingerprint density at radius 2 is 1.84 bits per heavy atom. The summed E-state index contributed by atoms with van der Waals surface area (Å²) in [5, 5.41) is 19.1. The zero-order valence-corrected chi connectivity index (χ0v) is 13.9. The molecule has 138 valence electrons. The minimum Gasteiger partial charge on any atom is -0.393 e. The maximum Gasteiger partial charge on any atom is 0.425 e. The summed E-state index contributed by atoms with van der Waals surface area (Å²) in [6.07, 6.45) is -0.901. The topological polar surface area (TPSA) is 73.7 Å². The highest BCUT2D eigenvalue weighted by Gasteiger charge is 2.56. The van der Waals surface area contributed by atoms with E-state index >= 15 is 0 Å². The van der Waals surface area contributed by atoms with E-state index in [2.05, 4.69) is 4.98 Å². The molecule has 1 saturated heterocycles. The van der Waals surface area contributed by atoms with Gasteiger partial charge in [0, 0.05) is 13.1 Å². The molecule has 1 aromatic rings. The first-order valence-corrected chi connectivity index (χ1v) is 8.29. The average molecular weight is 358 g/mol. The number of hydrogen-bond donors (Lipinski definition) is 2. The van der Waals surface area contributed by atoms with Crippen LogP contribution in [0, 0.1) is 5.41 Å². The van der Waals surface area contributed by atoms with Crippen LogP contribution in [0.1, 0.15) is 48.7 Å². The smallest absolute Gasteiger partial charge is 0.393 e. The van der Waals surface area contributed by atoms with Gasteiger partial charge >= 0.3 is 6.18 Å². The molecule has 0 bridgehead atoms. The Hall–Kier alpha value is -1.67. The maximum atomic E-state index is 13.2. The number of carbonyl (C=O) groups is 1. The van der Waals surface area contributed by atoms with Crippen LogP contribution in [0.2, 0.25) is 0 Å². The van der Waals surface area contributed by atoms with Gasteiger partial charge < -0.3 is 15.1 Å². The Balaban J connectivity index is 1.99. The minimum absolute atomic E-state index is 0.150. The number of aliphatic hydroxyl groups excluding tert-OH is 1. The Morgan fingerprint density at radius 3 is 2.28 bits per heavy atom. The van der Waals surface area contributed by atoms with Gasteiger partial charge in [-0.1, -0.05) is 0 Å². The lowest BCUT2D eigenvalue weighted by Crippen LogP contribution is -2.46. The molecule has 25 heavy (non-hydrogen) atoms. The number of carbonyl (C=O) groups excluding carboxylic acids is 1. The monoisotopic (exact) mass is 358 g/mol. The summed E-state index contributed by atoms with van der Waals surface area (Å²) in [5.41, 5.74) is -3.57. The molecule has 2 heterocycles. The quantitative estimate of drug-likeness (QED) is 0.809. The summed E-state index contributed by atoms with van der Waals surface area (Å²) >= 11 is 0. The predicted octanol–water partition coefficient (Wildman–Crippen LogP) is 2.41. The second kappa shape index (κ2) is 5.95.